The predicted octanol–water partition coefficient (Wildman–Crippen LogP) is 0.348. The third kappa shape index (κ3) is 3.33. The Morgan fingerprint density at radius 1 is 1.42 bits per heavy atom. The Morgan fingerprint density at radius 2 is 2.11 bits per heavy atom. The Hall–Kier alpha value is -1.40. The summed E-state index contributed by atoms with van der Waals surface area (Å²) in [6.45, 7) is 4.18. The molecule has 0 unspecified atom stereocenters. The van der Waals surface area contributed by atoms with Gasteiger partial charge in [-0.3, -0.25) is 4.79 Å². The summed E-state index contributed by atoms with van der Waals surface area (Å²) in [4.78, 5) is 12.2. The lowest BCUT2D eigenvalue weighted by molar-refractivity contribution is 0.0942. The van der Waals surface area contributed by atoms with Crippen LogP contribution in [0.25, 0.3) is 0 Å². The number of hydrogen-bond donors (Lipinski definition) is 2. The number of aryl methyl sites for hydroxylation is 1. The van der Waals surface area contributed by atoms with Gasteiger partial charge in [-0.05, 0) is 24.6 Å². The molecule has 1 saturated heterocycles. The largest absolute Gasteiger partial charge is 0.352 e. The Kier molecular flexibility index (Phi) is 3.91. The highest BCUT2D eigenvalue weighted by Crippen LogP contribution is 2.17. The molecule has 1 heterocycles. The molecule has 19 heavy (non-hydrogen) atoms. The van der Waals surface area contributed by atoms with Gasteiger partial charge in [0.2, 0.25) is 0 Å². The molecule has 1 aliphatic heterocycles. The van der Waals surface area contributed by atoms with Gasteiger partial charge in [0.15, 0.2) is 9.84 Å². The molecule has 1 fully saturated rings. The van der Waals surface area contributed by atoms with Crippen molar-refractivity contribution < 1.29 is 13.2 Å². The molecule has 0 radical (unpaired) electrons. The number of hydrogen-bond acceptors (Lipinski definition) is 4. The minimum Gasteiger partial charge on any atom is -0.352 e. The lowest BCUT2D eigenvalue weighted by Crippen LogP contribution is -2.48. The van der Waals surface area contributed by atoms with Gasteiger partial charge in [0.1, 0.15) is 0 Å². The fourth-order valence-corrected chi connectivity index (χ4v) is 2.97. The maximum absolute atomic E-state index is 12.0. The van der Waals surface area contributed by atoms with Gasteiger partial charge in [-0.2, -0.15) is 0 Å². The summed E-state index contributed by atoms with van der Waals surface area (Å²) in [7, 11) is -3.30. The molecule has 0 saturated carbocycles. The third-order valence-electron chi connectivity index (χ3n) is 3.27. The summed E-state index contributed by atoms with van der Waals surface area (Å²) in [6.07, 6.45) is 1.15. The summed E-state index contributed by atoms with van der Waals surface area (Å²) in [5, 5.41) is 5.96. The number of rotatable bonds is 4. The highest BCUT2D eigenvalue weighted by Gasteiger charge is 2.19. The van der Waals surface area contributed by atoms with E-state index in [0.29, 0.717) is 23.6 Å². The van der Waals surface area contributed by atoms with Gasteiger partial charge in [0.05, 0.1) is 4.90 Å². The van der Waals surface area contributed by atoms with Crippen LogP contribution in [-0.2, 0) is 9.84 Å². The molecule has 1 aliphatic rings. The Balaban J connectivity index is 2.13. The SMILES string of the molecule is Cc1ccc(C(=O)NCC2CNC2)cc1S(C)(=O)=O. The summed E-state index contributed by atoms with van der Waals surface area (Å²) in [6, 6.07) is 4.76. The topological polar surface area (TPSA) is 75.3 Å². The summed E-state index contributed by atoms with van der Waals surface area (Å²) >= 11 is 0. The molecule has 5 nitrogen and oxygen atoms in total. The average molecular weight is 282 g/mol. The molecule has 104 valence electrons. The van der Waals surface area contributed by atoms with Gasteiger partial charge in [0.25, 0.3) is 5.91 Å². The molecule has 1 aromatic rings. The predicted molar refractivity (Wildman–Crippen MR) is 73.0 cm³/mol. The maximum Gasteiger partial charge on any atom is 0.251 e. The van der Waals surface area contributed by atoms with Crippen LogP contribution in [-0.4, -0.2) is 40.2 Å². The van der Waals surface area contributed by atoms with E-state index in [0.717, 1.165) is 19.3 Å². The van der Waals surface area contributed by atoms with Crippen LogP contribution in [0.15, 0.2) is 23.1 Å². The Morgan fingerprint density at radius 3 is 2.63 bits per heavy atom. The van der Waals surface area contributed by atoms with Crippen molar-refractivity contribution in [3.05, 3.63) is 29.3 Å². The van der Waals surface area contributed by atoms with E-state index in [9.17, 15) is 13.2 Å². The molecule has 0 aromatic heterocycles. The fraction of sp³-hybridized carbons (Fsp3) is 0.462. The van der Waals surface area contributed by atoms with Crippen molar-refractivity contribution in [1.29, 1.82) is 0 Å². The van der Waals surface area contributed by atoms with E-state index < -0.39 is 9.84 Å². The average Bonchev–Trinajstić information content (AvgIpc) is 2.25. The molecule has 2 N–H and O–H groups in total. The first-order valence-corrected chi connectivity index (χ1v) is 8.06. The van der Waals surface area contributed by atoms with Gasteiger partial charge in [0, 0.05) is 37.4 Å². The van der Waals surface area contributed by atoms with Crippen LogP contribution in [0.4, 0.5) is 0 Å². The fourth-order valence-electron chi connectivity index (χ4n) is 1.97. The maximum atomic E-state index is 12.0. The van der Waals surface area contributed by atoms with Crippen molar-refractivity contribution in [3.8, 4) is 0 Å². The zero-order valence-corrected chi connectivity index (χ0v) is 11.9. The number of benzene rings is 1. The zero-order chi connectivity index (χ0) is 14.0. The zero-order valence-electron chi connectivity index (χ0n) is 11.1. The first kappa shape index (κ1) is 14.0. The van der Waals surface area contributed by atoms with Crippen LogP contribution in [0.2, 0.25) is 0 Å². The van der Waals surface area contributed by atoms with Crippen LogP contribution >= 0.6 is 0 Å². The van der Waals surface area contributed by atoms with Gasteiger partial charge < -0.3 is 10.6 Å². The van der Waals surface area contributed by atoms with Crippen molar-refractivity contribution in [2.75, 3.05) is 25.9 Å². The minimum atomic E-state index is -3.30. The van der Waals surface area contributed by atoms with E-state index >= 15 is 0 Å². The Bertz CT molecular complexity index is 592. The molecular weight excluding hydrogens is 264 g/mol. The number of nitrogens with one attached hydrogen (secondary N) is 2. The molecule has 0 spiro atoms. The lowest BCUT2D eigenvalue weighted by Gasteiger charge is -2.27. The van der Waals surface area contributed by atoms with Crippen LogP contribution in [0.3, 0.4) is 0 Å². The summed E-state index contributed by atoms with van der Waals surface area (Å²) in [5.74, 6) is 0.251. The monoisotopic (exact) mass is 282 g/mol. The molecule has 2 rings (SSSR count). The first-order chi connectivity index (χ1) is 8.88. The van der Waals surface area contributed by atoms with E-state index in [-0.39, 0.29) is 10.8 Å². The van der Waals surface area contributed by atoms with Crippen LogP contribution in [0.1, 0.15) is 15.9 Å². The van der Waals surface area contributed by atoms with Gasteiger partial charge in [-0.1, -0.05) is 6.07 Å². The van der Waals surface area contributed by atoms with Gasteiger partial charge in [-0.15, -0.1) is 0 Å². The summed E-state index contributed by atoms with van der Waals surface area (Å²) < 4.78 is 23.2. The molecular formula is C13H18N2O3S. The van der Waals surface area contributed by atoms with E-state index in [1.54, 1.807) is 19.1 Å². The second-order valence-corrected chi connectivity index (χ2v) is 6.97. The van der Waals surface area contributed by atoms with Crippen molar-refractivity contribution in [2.24, 2.45) is 5.92 Å². The molecule has 6 heteroatoms. The van der Waals surface area contributed by atoms with Crippen LogP contribution in [0.5, 0.6) is 0 Å². The number of carbonyl (C=O) groups excluding carboxylic acids is 1. The van der Waals surface area contributed by atoms with E-state index in [1.807, 2.05) is 0 Å². The van der Waals surface area contributed by atoms with Crippen LogP contribution in [0, 0.1) is 12.8 Å². The van der Waals surface area contributed by atoms with Gasteiger partial charge in [-0.25, -0.2) is 8.42 Å². The minimum absolute atomic E-state index is 0.213. The van der Waals surface area contributed by atoms with E-state index in [4.69, 9.17) is 0 Å². The third-order valence-corrected chi connectivity index (χ3v) is 4.51. The van der Waals surface area contributed by atoms with Crippen molar-refractivity contribution >= 4 is 15.7 Å². The normalized spacial score (nSPS) is 15.9. The first-order valence-electron chi connectivity index (χ1n) is 6.17. The van der Waals surface area contributed by atoms with E-state index in [1.165, 1.54) is 6.07 Å². The molecule has 0 atom stereocenters. The highest BCUT2D eigenvalue weighted by atomic mass is 32.2. The molecule has 1 aromatic carbocycles. The van der Waals surface area contributed by atoms with E-state index in [2.05, 4.69) is 10.6 Å². The molecule has 0 bridgehead atoms. The van der Waals surface area contributed by atoms with Gasteiger partial charge >= 0.3 is 0 Å². The standard InChI is InChI=1S/C13H18N2O3S/c1-9-3-4-11(5-12(9)19(2,17)18)13(16)15-8-10-6-14-7-10/h3-5,10,14H,6-8H2,1-2H3,(H,15,16). The summed E-state index contributed by atoms with van der Waals surface area (Å²) in [5.41, 5.74) is 1.04. The number of carbonyl (C=O) groups is 1. The second kappa shape index (κ2) is 5.30. The second-order valence-electron chi connectivity index (χ2n) is 4.99. The van der Waals surface area contributed by atoms with Crippen molar-refractivity contribution in [1.82, 2.24) is 10.6 Å². The Labute approximate surface area is 113 Å². The lowest BCUT2D eigenvalue weighted by atomic mass is 10.0. The highest BCUT2D eigenvalue weighted by molar-refractivity contribution is 7.90. The number of sulfone groups is 1. The number of amides is 1. The van der Waals surface area contributed by atoms with Crippen molar-refractivity contribution in [3.63, 3.8) is 0 Å². The quantitative estimate of drug-likeness (QED) is 0.835. The van der Waals surface area contributed by atoms with Crippen molar-refractivity contribution in [2.45, 2.75) is 11.8 Å². The smallest absolute Gasteiger partial charge is 0.251 e. The molecule has 0 aliphatic carbocycles. The van der Waals surface area contributed by atoms with Crippen LogP contribution < -0.4 is 10.6 Å². The molecule has 1 amide bonds.